The lowest BCUT2D eigenvalue weighted by Gasteiger charge is -2.18. The molecule has 2 rings (SSSR count). The van der Waals surface area contributed by atoms with Gasteiger partial charge in [0.25, 0.3) is 5.69 Å². The van der Waals surface area contributed by atoms with Crippen molar-refractivity contribution < 1.29 is 10.0 Å². The van der Waals surface area contributed by atoms with Gasteiger partial charge in [-0.15, -0.1) is 0 Å². The normalized spacial score (nSPS) is 18.7. The standard InChI is InChI=1S/C13H17NO3/c1-10(15)13(8-9-13)7-6-11-4-2-3-5-12(11)14(16)17/h2-5,10,15H,6-9H2,1H3. The summed E-state index contributed by atoms with van der Waals surface area (Å²) in [5, 5.41) is 20.5. The highest BCUT2D eigenvalue weighted by Crippen LogP contribution is 2.52. The number of nitro groups is 1. The SMILES string of the molecule is CC(O)C1(CCc2ccccc2[N+](=O)[O-])CC1. The molecule has 1 aliphatic rings. The zero-order valence-electron chi connectivity index (χ0n) is 9.93. The van der Waals surface area contributed by atoms with Crippen molar-refractivity contribution in [3.05, 3.63) is 39.9 Å². The van der Waals surface area contributed by atoms with E-state index in [2.05, 4.69) is 0 Å². The number of rotatable bonds is 5. The molecule has 0 bridgehead atoms. The lowest BCUT2D eigenvalue weighted by atomic mass is 9.92. The van der Waals surface area contributed by atoms with Gasteiger partial charge in [-0.25, -0.2) is 0 Å². The van der Waals surface area contributed by atoms with Crippen LogP contribution in [0.25, 0.3) is 0 Å². The molecule has 0 aliphatic heterocycles. The Hall–Kier alpha value is -1.42. The van der Waals surface area contributed by atoms with Crippen LogP contribution in [0.5, 0.6) is 0 Å². The number of aryl methyl sites for hydroxylation is 1. The number of benzene rings is 1. The highest BCUT2D eigenvalue weighted by molar-refractivity contribution is 5.39. The van der Waals surface area contributed by atoms with Crippen molar-refractivity contribution in [3.63, 3.8) is 0 Å². The fourth-order valence-corrected chi connectivity index (χ4v) is 2.32. The van der Waals surface area contributed by atoms with Crippen molar-refractivity contribution in [1.29, 1.82) is 0 Å². The molecule has 0 saturated heterocycles. The average Bonchev–Trinajstić information content (AvgIpc) is 3.07. The van der Waals surface area contributed by atoms with Crippen molar-refractivity contribution in [2.24, 2.45) is 5.41 Å². The second-order valence-corrected chi connectivity index (χ2v) is 4.92. The molecule has 0 amide bonds. The third-order valence-corrected chi connectivity index (χ3v) is 3.86. The van der Waals surface area contributed by atoms with Gasteiger partial charge in [-0.2, -0.15) is 0 Å². The minimum atomic E-state index is -0.336. The maximum absolute atomic E-state index is 10.9. The fourth-order valence-electron chi connectivity index (χ4n) is 2.32. The number of hydrogen-bond acceptors (Lipinski definition) is 3. The predicted octanol–water partition coefficient (Wildman–Crippen LogP) is 2.69. The Morgan fingerprint density at radius 2 is 2.12 bits per heavy atom. The summed E-state index contributed by atoms with van der Waals surface area (Å²) in [4.78, 5) is 10.5. The lowest BCUT2D eigenvalue weighted by molar-refractivity contribution is -0.385. The Morgan fingerprint density at radius 1 is 1.47 bits per heavy atom. The molecule has 4 heteroatoms. The van der Waals surface area contributed by atoms with Gasteiger partial charge >= 0.3 is 0 Å². The molecule has 1 aliphatic carbocycles. The van der Waals surface area contributed by atoms with E-state index in [1.807, 2.05) is 13.0 Å². The van der Waals surface area contributed by atoms with Gasteiger partial charge in [0, 0.05) is 11.6 Å². The van der Waals surface area contributed by atoms with Crippen LogP contribution in [0.3, 0.4) is 0 Å². The van der Waals surface area contributed by atoms with E-state index in [0.29, 0.717) is 6.42 Å². The number of aliphatic hydroxyl groups excluding tert-OH is 1. The first-order chi connectivity index (χ1) is 8.05. The summed E-state index contributed by atoms with van der Waals surface area (Å²) < 4.78 is 0. The highest BCUT2D eigenvalue weighted by atomic mass is 16.6. The van der Waals surface area contributed by atoms with Crippen LogP contribution in [0.2, 0.25) is 0 Å². The number of aliphatic hydroxyl groups is 1. The summed E-state index contributed by atoms with van der Waals surface area (Å²) in [5.41, 5.74) is 0.974. The summed E-state index contributed by atoms with van der Waals surface area (Å²) in [6.45, 7) is 1.81. The first-order valence-electron chi connectivity index (χ1n) is 5.95. The summed E-state index contributed by atoms with van der Waals surface area (Å²) in [7, 11) is 0. The molecule has 1 aromatic carbocycles. The number of para-hydroxylation sites is 1. The van der Waals surface area contributed by atoms with Crippen molar-refractivity contribution >= 4 is 5.69 Å². The van der Waals surface area contributed by atoms with Crippen LogP contribution in [0.1, 0.15) is 31.7 Å². The van der Waals surface area contributed by atoms with Gasteiger partial charge in [0.15, 0.2) is 0 Å². The van der Waals surface area contributed by atoms with E-state index in [1.54, 1.807) is 12.1 Å². The summed E-state index contributed by atoms with van der Waals surface area (Å²) in [6, 6.07) is 6.85. The number of hydrogen-bond donors (Lipinski definition) is 1. The van der Waals surface area contributed by atoms with Crippen LogP contribution in [-0.2, 0) is 6.42 Å². The van der Waals surface area contributed by atoms with Gasteiger partial charge in [0.1, 0.15) is 0 Å². The van der Waals surface area contributed by atoms with E-state index in [4.69, 9.17) is 0 Å². The molecular weight excluding hydrogens is 218 g/mol. The molecule has 1 atom stereocenters. The molecule has 1 fully saturated rings. The molecule has 1 aromatic rings. The van der Waals surface area contributed by atoms with Crippen molar-refractivity contribution in [3.8, 4) is 0 Å². The largest absolute Gasteiger partial charge is 0.393 e. The second-order valence-electron chi connectivity index (χ2n) is 4.92. The van der Waals surface area contributed by atoms with Crippen molar-refractivity contribution in [1.82, 2.24) is 0 Å². The topological polar surface area (TPSA) is 63.4 Å². The van der Waals surface area contributed by atoms with Gasteiger partial charge in [-0.3, -0.25) is 10.1 Å². The smallest absolute Gasteiger partial charge is 0.272 e. The third-order valence-electron chi connectivity index (χ3n) is 3.86. The molecule has 17 heavy (non-hydrogen) atoms. The van der Waals surface area contributed by atoms with Crippen LogP contribution in [0, 0.1) is 15.5 Å². The summed E-state index contributed by atoms with van der Waals surface area (Å²) in [6.07, 6.45) is 3.25. The Balaban J connectivity index is 2.07. The minimum absolute atomic E-state index is 0.0176. The first kappa shape index (κ1) is 12.0. The van der Waals surface area contributed by atoms with Gasteiger partial charge in [-0.05, 0) is 38.0 Å². The molecule has 1 N–H and O–H groups in total. The van der Waals surface area contributed by atoms with Gasteiger partial charge in [-0.1, -0.05) is 18.2 Å². The Labute approximate surface area is 100 Å². The zero-order chi connectivity index (χ0) is 12.5. The molecule has 1 unspecified atom stereocenters. The Morgan fingerprint density at radius 3 is 2.65 bits per heavy atom. The maximum atomic E-state index is 10.9. The molecule has 0 spiro atoms. The van der Waals surface area contributed by atoms with Crippen LogP contribution < -0.4 is 0 Å². The molecule has 0 radical (unpaired) electrons. The summed E-state index contributed by atoms with van der Waals surface area (Å²) >= 11 is 0. The molecule has 0 aromatic heterocycles. The predicted molar refractivity (Wildman–Crippen MR) is 64.8 cm³/mol. The summed E-state index contributed by atoms with van der Waals surface area (Å²) in [5.74, 6) is 0. The Kier molecular flexibility index (Phi) is 3.15. The van der Waals surface area contributed by atoms with Gasteiger partial charge in [0.2, 0.25) is 0 Å². The van der Waals surface area contributed by atoms with Crippen LogP contribution in [-0.4, -0.2) is 16.1 Å². The van der Waals surface area contributed by atoms with Crippen LogP contribution in [0.15, 0.2) is 24.3 Å². The second kappa shape index (κ2) is 4.45. The first-order valence-corrected chi connectivity index (χ1v) is 5.95. The van der Waals surface area contributed by atoms with Gasteiger partial charge < -0.3 is 5.11 Å². The van der Waals surface area contributed by atoms with Crippen molar-refractivity contribution in [2.45, 2.75) is 38.7 Å². The quantitative estimate of drug-likeness (QED) is 0.630. The van der Waals surface area contributed by atoms with E-state index in [-0.39, 0.29) is 22.1 Å². The zero-order valence-corrected chi connectivity index (χ0v) is 9.93. The average molecular weight is 235 g/mol. The number of nitrogens with zero attached hydrogens (tertiary/aromatic N) is 1. The van der Waals surface area contributed by atoms with E-state index in [1.165, 1.54) is 6.07 Å². The van der Waals surface area contributed by atoms with E-state index in [0.717, 1.165) is 24.8 Å². The van der Waals surface area contributed by atoms with E-state index in [9.17, 15) is 15.2 Å². The minimum Gasteiger partial charge on any atom is -0.393 e. The van der Waals surface area contributed by atoms with Crippen molar-refractivity contribution in [2.75, 3.05) is 0 Å². The maximum Gasteiger partial charge on any atom is 0.272 e. The third kappa shape index (κ3) is 2.47. The Bertz CT molecular complexity index is 424. The molecule has 4 nitrogen and oxygen atoms in total. The monoisotopic (exact) mass is 235 g/mol. The van der Waals surface area contributed by atoms with E-state index >= 15 is 0 Å². The van der Waals surface area contributed by atoms with Crippen LogP contribution in [0.4, 0.5) is 5.69 Å². The molecule has 92 valence electrons. The lowest BCUT2D eigenvalue weighted by Crippen LogP contribution is -2.18. The fraction of sp³-hybridized carbons (Fsp3) is 0.538. The molecular formula is C13H17NO3. The number of nitro benzene ring substituents is 1. The van der Waals surface area contributed by atoms with Gasteiger partial charge in [0.05, 0.1) is 11.0 Å². The van der Waals surface area contributed by atoms with Crippen LogP contribution >= 0.6 is 0 Å². The molecule has 1 saturated carbocycles. The molecule has 0 heterocycles. The highest BCUT2D eigenvalue weighted by Gasteiger charge is 2.46. The van der Waals surface area contributed by atoms with E-state index < -0.39 is 0 Å².